The second kappa shape index (κ2) is 11.6. The van der Waals surface area contributed by atoms with Crippen LogP contribution in [0.4, 0.5) is 11.4 Å². The van der Waals surface area contributed by atoms with E-state index in [9.17, 15) is 20.0 Å². The van der Waals surface area contributed by atoms with Crippen LogP contribution >= 0.6 is 0 Å². The SMILES string of the molecule is CCCCc1ccc(N2CCC(C)(C)c3cc4cc(C=CC5=CC(=C(C#N)C(=O)O)C=C(C)O5)c(=O)oc4cc32)cc1. The molecule has 1 aromatic heterocycles. The van der Waals surface area contributed by atoms with Crippen LogP contribution in [0.2, 0.25) is 0 Å². The number of hydrogen-bond acceptors (Lipinski definition) is 6. The van der Waals surface area contributed by atoms with Gasteiger partial charge in [-0.05, 0) is 91.3 Å². The molecule has 0 saturated carbocycles. The summed E-state index contributed by atoms with van der Waals surface area (Å²) in [7, 11) is 0. The Morgan fingerprint density at radius 1 is 1.14 bits per heavy atom. The van der Waals surface area contributed by atoms with E-state index in [-0.39, 0.29) is 16.6 Å². The van der Waals surface area contributed by atoms with E-state index in [1.807, 2.05) is 6.07 Å². The fourth-order valence-electron chi connectivity index (χ4n) is 5.48. The number of rotatable bonds is 7. The number of carbonyl (C=O) groups is 1. The monoisotopic (exact) mass is 562 g/mol. The quantitative estimate of drug-likeness (QED) is 0.179. The maximum atomic E-state index is 13.0. The zero-order valence-corrected chi connectivity index (χ0v) is 24.4. The van der Waals surface area contributed by atoms with Crippen molar-refractivity contribution in [2.45, 2.75) is 58.8 Å². The highest BCUT2D eigenvalue weighted by atomic mass is 16.5. The highest BCUT2D eigenvalue weighted by molar-refractivity contribution is 5.93. The van der Waals surface area contributed by atoms with Gasteiger partial charge < -0.3 is 19.2 Å². The van der Waals surface area contributed by atoms with Crippen molar-refractivity contribution >= 4 is 34.4 Å². The minimum absolute atomic E-state index is 0.0663. The van der Waals surface area contributed by atoms with Gasteiger partial charge in [0.15, 0.2) is 0 Å². The van der Waals surface area contributed by atoms with Gasteiger partial charge in [-0.3, -0.25) is 0 Å². The van der Waals surface area contributed by atoms with Crippen LogP contribution in [0, 0.1) is 11.3 Å². The standard InChI is InChI=1S/C35H34N2O5/c1-5-6-7-23-8-11-27(12-9-23)37-15-14-35(3,4)30-19-26-17-24(34(40)42-32(26)20-31(30)37)10-13-28-18-25(16-22(2)41-28)29(21-36)33(38)39/h8-13,16-20H,5-7,14-15H2,1-4H3,(H,38,39). The fourth-order valence-corrected chi connectivity index (χ4v) is 5.48. The average Bonchev–Trinajstić information content (AvgIpc) is 2.95. The molecule has 0 unspecified atom stereocenters. The smallest absolute Gasteiger partial charge is 0.347 e. The molecule has 0 fully saturated rings. The number of ether oxygens (including phenoxy) is 1. The van der Waals surface area contributed by atoms with Crippen LogP contribution < -0.4 is 10.5 Å². The van der Waals surface area contributed by atoms with Crippen molar-refractivity contribution in [2.75, 3.05) is 11.4 Å². The number of aryl methyl sites for hydroxylation is 1. The molecule has 0 aliphatic carbocycles. The molecule has 3 aromatic rings. The first-order chi connectivity index (χ1) is 20.1. The first kappa shape index (κ1) is 28.7. The Labute approximate surface area is 245 Å². The Hall–Kier alpha value is -4.83. The number of nitriles is 1. The van der Waals surface area contributed by atoms with Crippen LogP contribution in [0.5, 0.6) is 0 Å². The predicted molar refractivity (Wildman–Crippen MR) is 164 cm³/mol. The van der Waals surface area contributed by atoms with E-state index < -0.39 is 11.6 Å². The summed E-state index contributed by atoms with van der Waals surface area (Å²) in [4.78, 5) is 26.8. The van der Waals surface area contributed by atoms with Gasteiger partial charge in [-0.15, -0.1) is 0 Å². The number of hydrogen-bond donors (Lipinski definition) is 1. The minimum atomic E-state index is -1.32. The minimum Gasteiger partial charge on any atom is -0.477 e. The largest absolute Gasteiger partial charge is 0.477 e. The number of benzene rings is 2. The third kappa shape index (κ3) is 5.80. The third-order valence-electron chi connectivity index (χ3n) is 7.90. The Balaban J connectivity index is 1.51. The second-order valence-corrected chi connectivity index (χ2v) is 11.4. The molecule has 1 N–H and O–H groups in total. The molecule has 0 atom stereocenters. The van der Waals surface area contributed by atoms with Crippen molar-refractivity contribution in [3.8, 4) is 6.07 Å². The summed E-state index contributed by atoms with van der Waals surface area (Å²) in [6, 6.07) is 16.4. The number of allylic oxidation sites excluding steroid dienone is 5. The summed E-state index contributed by atoms with van der Waals surface area (Å²) in [6.45, 7) is 9.20. The van der Waals surface area contributed by atoms with Gasteiger partial charge in [-0.1, -0.05) is 39.3 Å². The Morgan fingerprint density at radius 3 is 2.60 bits per heavy atom. The molecule has 0 bridgehead atoms. The van der Waals surface area contributed by atoms with Crippen LogP contribution in [0.15, 0.2) is 92.6 Å². The van der Waals surface area contributed by atoms with Crippen LogP contribution in [-0.2, 0) is 21.4 Å². The lowest BCUT2D eigenvalue weighted by Crippen LogP contribution is -2.34. The number of carboxylic acids is 1. The van der Waals surface area contributed by atoms with Crippen molar-refractivity contribution in [1.29, 1.82) is 5.26 Å². The van der Waals surface area contributed by atoms with Gasteiger partial charge >= 0.3 is 11.6 Å². The first-order valence-corrected chi connectivity index (χ1v) is 14.2. The number of fused-ring (bicyclic) bond motifs is 2. The van der Waals surface area contributed by atoms with E-state index in [0.717, 1.165) is 36.1 Å². The normalized spacial score (nSPS) is 17.3. The number of carboxylic acid groups (broad SMARTS) is 1. The number of unbranched alkanes of at least 4 members (excludes halogenated alkanes) is 1. The average molecular weight is 563 g/mol. The Kier molecular flexibility index (Phi) is 7.91. The van der Waals surface area contributed by atoms with E-state index in [2.05, 4.69) is 56.0 Å². The van der Waals surface area contributed by atoms with Crippen LogP contribution in [0.1, 0.15) is 63.6 Å². The third-order valence-corrected chi connectivity index (χ3v) is 7.90. The van der Waals surface area contributed by atoms with Gasteiger partial charge in [-0.25, -0.2) is 9.59 Å². The van der Waals surface area contributed by atoms with Crippen molar-refractivity contribution in [2.24, 2.45) is 0 Å². The van der Waals surface area contributed by atoms with Gasteiger partial charge in [0.2, 0.25) is 0 Å². The molecule has 2 aliphatic rings. The molecule has 5 rings (SSSR count). The lowest BCUT2D eigenvalue weighted by Gasteiger charge is -2.40. The molecule has 214 valence electrons. The molecule has 3 heterocycles. The van der Waals surface area contributed by atoms with Gasteiger partial charge in [0, 0.05) is 34.9 Å². The lowest BCUT2D eigenvalue weighted by molar-refractivity contribution is -0.132. The molecule has 7 heteroatoms. The molecular formula is C35H34N2O5. The molecule has 2 aromatic carbocycles. The van der Waals surface area contributed by atoms with Crippen LogP contribution in [0.25, 0.3) is 17.0 Å². The van der Waals surface area contributed by atoms with Crippen LogP contribution in [-0.4, -0.2) is 17.6 Å². The van der Waals surface area contributed by atoms with E-state index in [1.165, 1.54) is 36.1 Å². The van der Waals surface area contributed by atoms with E-state index in [1.54, 1.807) is 31.2 Å². The molecule has 2 aliphatic heterocycles. The van der Waals surface area contributed by atoms with Crippen molar-refractivity contribution < 1.29 is 19.1 Å². The highest BCUT2D eigenvalue weighted by Gasteiger charge is 2.32. The van der Waals surface area contributed by atoms with Crippen LogP contribution in [0.3, 0.4) is 0 Å². The molecule has 0 amide bonds. The molecule has 42 heavy (non-hydrogen) atoms. The summed E-state index contributed by atoms with van der Waals surface area (Å²) in [5, 5.41) is 19.4. The lowest BCUT2D eigenvalue weighted by atomic mass is 9.77. The summed E-state index contributed by atoms with van der Waals surface area (Å²) >= 11 is 0. The molecule has 0 saturated heterocycles. The molecule has 0 radical (unpaired) electrons. The summed E-state index contributed by atoms with van der Waals surface area (Å²) in [5.41, 5.74) is 4.80. The molecule has 7 nitrogen and oxygen atoms in total. The second-order valence-electron chi connectivity index (χ2n) is 11.4. The maximum absolute atomic E-state index is 13.0. The van der Waals surface area contributed by atoms with Gasteiger partial charge in [0.1, 0.15) is 28.7 Å². The maximum Gasteiger partial charge on any atom is 0.347 e. The number of nitrogens with zero attached hydrogens (tertiary/aromatic N) is 2. The zero-order valence-electron chi connectivity index (χ0n) is 24.4. The van der Waals surface area contributed by atoms with Crippen molar-refractivity contribution in [3.63, 3.8) is 0 Å². The summed E-state index contributed by atoms with van der Waals surface area (Å²) in [5.74, 6) is -0.579. The Bertz CT molecular complexity index is 1780. The number of anilines is 2. The predicted octanol–water partition coefficient (Wildman–Crippen LogP) is 7.69. The Morgan fingerprint density at radius 2 is 1.90 bits per heavy atom. The first-order valence-electron chi connectivity index (χ1n) is 14.2. The molecular weight excluding hydrogens is 528 g/mol. The van der Waals surface area contributed by atoms with Gasteiger partial charge in [0.25, 0.3) is 0 Å². The van der Waals surface area contributed by atoms with E-state index in [4.69, 9.17) is 9.15 Å². The fraction of sp³-hybridized carbons (Fsp3) is 0.286. The highest BCUT2D eigenvalue weighted by Crippen LogP contribution is 2.44. The number of aliphatic carboxylic acids is 1. The van der Waals surface area contributed by atoms with E-state index >= 15 is 0 Å². The summed E-state index contributed by atoms with van der Waals surface area (Å²) < 4.78 is 11.5. The molecule has 0 spiro atoms. The topological polar surface area (TPSA) is 104 Å². The van der Waals surface area contributed by atoms with Crippen molar-refractivity contribution in [1.82, 2.24) is 0 Å². The van der Waals surface area contributed by atoms with Gasteiger partial charge in [0.05, 0.1) is 5.56 Å². The van der Waals surface area contributed by atoms with Gasteiger partial charge in [-0.2, -0.15) is 5.26 Å². The van der Waals surface area contributed by atoms with Crippen molar-refractivity contribution in [3.05, 3.63) is 110 Å². The van der Waals surface area contributed by atoms with E-state index in [0.29, 0.717) is 22.7 Å². The summed E-state index contributed by atoms with van der Waals surface area (Å²) in [6.07, 6.45) is 10.5. The zero-order chi connectivity index (χ0) is 30.0.